The topological polar surface area (TPSA) is 15.3 Å². The molecule has 1 aliphatic heterocycles. The van der Waals surface area contributed by atoms with Gasteiger partial charge in [-0.15, -0.1) is 0 Å². The lowest BCUT2D eigenvalue weighted by Gasteiger charge is -2.17. The number of hydrogen-bond donors (Lipinski definition) is 1. The molecular formula is C16H16N2S. The van der Waals surface area contributed by atoms with Gasteiger partial charge in [-0.25, -0.2) is 4.41 Å². The predicted molar refractivity (Wildman–Crippen MR) is 83.5 cm³/mol. The number of rotatable bonds is 2. The molecule has 0 atom stereocenters. The molecule has 2 nitrogen and oxygen atoms in total. The van der Waals surface area contributed by atoms with Crippen molar-refractivity contribution in [2.24, 2.45) is 0 Å². The Bertz CT molecular complexity index is 600. The van der Waals surface area contributed by atoms with Crippen LogP contribution in [0, 0.1) is 13.8 Å². The van der Waals surface area contributed by atoms with E-state index in [1.165, 1.54) is 21.6 Å². The van der Waals surface area contributed by atoms with Gasteiger partial charge in [0.05, 0.1) is 10.6 Å². The van der Waals surface area contributed by atoms with Crippen molar-refractivity contribution in [3.05, 3.63) is 71.4 Å². The number of nitrogens with one attached hydrogen (secondary N) is 1. The van der Waals surface area contributed by atoms with E-state index in [0.29, 0.717) is 0 Å². The summed E-state index contributed by atoms with van der Waals surface area (Å²) in [6.45, 7) is 4.21. The number of hydrazine groups is 1. The number of hydrogen-bond acceptors (Lipinski definition) is 3. The van der Waals surface area contributed by atoms with Crippen LogP contribution in [0.15, 0.2) is 54.7 Å². The Morgan fingerprint density at radius 2 is 1.42 bits per heavy atom. The summed E-state index contributed by atoms with van der Waals surface area (Å²) in [5.74, 6) is 0. The molecule has 1 N–H and O–H groups in total. The second-order valence-corrected chi connectivity index (χ2v) is 5.71. The van der Waals surface area contributed by atoms with Crippen molar-refractivity contribution >= 4 is 22.5 Å². The minimum Gasteiger partial charge on any atom is -0.294 e. The van der Waals surface area contributed by atoms with E-state index >= 15 is 0 Å². The predicted octanol–water partition coefficient (Wildman–Crippen LogP) is 4.27. The third-order valence-electron chi connectivity index (χ3n) is 3.11. The maximum Gasteiger partial charge on any atom is 0.0704 e. The summed E-state index contributed by atoms with van der Waals surface area (Å²) in [4.78, 5) is 1.24. The lowest BCUT2D eigenvalue weighted by atomic mass is 10.1. The molecule has 0 aliphatic carbocycles. The standard InChI is InChI=1S/C16H16N2S/c1-12-3-7-14(8-4-12)16-11-17-18(19-16)15-9-5-13(2)6-10-15/h3-11,17H,1-2H3. The lowest BCUT2D eigenvalue weighted by Crippen LogP contribution is -2.22. The van der Waals surface area contributed by atoms with Crippen LogP contribution in [0.3, 0.4) is 0 Å². The first-order chi connectivity index (χ1) is 9.22. The van der Waals surface area contributed by atoms with Gasteiger partial charge in [0.2, 0.25) is 0 Å². The van der Waals surface area contributed by atoms with Crippen molar-refractivity contribution in [1.29, 1.82) is 0 Å². The van der Waals surface area contributed by atoms with Crippen LogP contribution in [-0.2, 0) is 0 Å². The zero-order valence-corrected chi connectivity index (χ0v) is 11.9. The van der Waals surface area contributed by atoms with E-state index in [-0.39, 0.29) is 0 Å². The van der Waals surface area contributed by atoms with Gasteiger partial charge in [0.15, 0.2) is 0 Å². The quantitative estimate of drug-likeness (QED) is 0.819. The van der Waals surface area contributed by atoms with Crippen LogP contribution >= 0.6 is 11.9 Å². The largest absolute Gasteiger partial charge is 0.294 e. The van der Waals surface area contributed by atoms with E-state index in [1.54, 1.807) is 11.9 Å². The van der Waals surface area contributed by atoms with E-state index in [2.05, 4.69) is 78.4 Å². The third-order valence-corrected chi connectivity index (χ3v) is 4.16. The van der Waals surface area contributed by atoms with E-state index in [4.69, 9.17) is 0 Å². The number of nitrogens with zero attached hydrogens (tertiary/aromatic N) is 1. The lowest BCUT2D eigenvalue weighted by molar-refractivity contribution is 0.982. The molecule has 0 bridgehead atoms. The SMILES string of the molecule is Cc1ccc(C2=CNN(c3ccc(C)cc3)S2)cc1. The summed E-state index contributed by atoms with van der Waals surface area (Å²) in [5, 5.41) is 0. The van der Waals surface area contributed by atoms with Gasteiger partial charge in [0.25, 0.3) is 0 Å². The first-order valence-electron chi connectivity index (χ1n) is 6.30. The van der Waals surface area contributed by atoms with Crippen molar-refractivity contribution in [3.8, 4) is 0 Å². The Balaban J connectivity index is 1.76. The fraction of sp³-hybridized carbons (Fsp3) is 0.125. The summed E-state index contributed by atoms with van der Waals surface area (Å²) < 4.78 is 2.08. The first-order valence-corrected chi connectivity index (χ1v) is 7.08. The molecule has 1 aliphatic rings. The van der Waals surface area contributed by atoms with Gasteiger partial charge in [0.1, 0.15) is 0 Å². The fourth-order valence-corrected chi connectivity index (χ4v) is 2.81. The van der Waals surface area contributed by atoms with Crippen LogP contribution in [0.2, 0.25) is 0 Å². The van der Waals surface area contributed by atoms with Crippen molar-refractivity contribution in [3.63, 3.8) is 0 Å². The zero-order chi connectivity index (χ0) is 13.2. The second-order valence-electron chi connectivity index (χ2n) is 4.72. The maximum atomic E-state index is 3.29. The fourth-order valence-electron chi connectivity index (χ4n) is 1.93. The maximum absolute atomic E-state index is 3.29. The van der Waals surface area contributed by atoms with Crippen LogP contribution in [0.25, 0.3) is 4.91 Å². The number of benzene rings is 2. The van der Waals surface area contributed by atoms with E-state index in [1.807, 2.05) is 0 Å². The van der Waals surface area contributed by atoms with Gasteiger partial charge < -0.3 is 0 Å². The summed E-state index contributed by atoms with van der Waals surface area (Å²) in [7, 11) is 0. The molecule has 0 saturated carbocycles. The van der Waals surface area contributed by atoms with Crippen molar-refractivity contribution in [2.45, 2.75) is 13.8 Å². The highest BCUT2D eigenvalue weighted by molar-refractivity contribution is 8.09. The molecule has 0 amide bonds. The zero-order valence-electron chi connectivity index (χ0n) is 11.1. The molecule has 2 aromatic carbocycles. The van der Waals surface area contributed by atoms with Gasteiger partial charge in [-0.3, -0.25) is 5.43 Å². The molecule has 2 aromatic rings. The Morgan fingerprint density at radius 3 is 2.05 bits per heavy atom. The molecule has 3 rings (SSSR count). The molecule has 0 radical (unpaired) electrons. The molecule has 0 spiro atoms. The molecule has 0 fully saturated rings. The smallest absolute Gasteiger partial charge is 0.0704 e. The summed E-state index contributed by atoms with van der Waals surface area (Å²) in [5.41, 5.74) is 8.26. The van der Waals surface area contributed by atoms with Crippen molar-refractivity contribution < 1.29 is 0 Å². The van der Waals surface area contributed by atoms with Crippen molar-refractivity contribution in [1.82, 2.24) is 5.43 Å². The van der Waals surface area contributed by atoms with Crippen molar-refractivity contribution in [2.75, 3.05) is 4.41 Å². The molecule has 1 heterocycles. The monoisotopic (exact) mass is 268 g/mol. The molecule has 96 valence electrons. The Morgan fingerprint density at radius 1 is 0.842 bits per heavy atom. The normalized spacial score (nSPS) is 14.2. The summed E-state index contributed by atoms with van der Waals surface area (Å²) in [6, 6.07) is 17.1. The van der Waals surface area contributed by atoms with Gasteiger partial charge in [-0.2, -0.15) is 0 Å². The molecule has 19 heavy (non-hydrogen) atoms. The summed E-state index contributed by atoms with van der Waals surface area (Å²) in [6.07, 6.45) is 2.05. The Kier molecular flexibility index (Phi) is 3.22. The first kappa shape index (κ1) is 12.2. The average molecular weight is 268 g/mol. The average Bonchev–Trinajstić information content (AvgIpc) is 2.90. The second kappa shape index (κ2) is 5.02. The van der Waals surface area contributed by atoms with Crippen LogP contribution in [0.4, 0.5) is 5.69 Å². The number of anilines is 1. The highest BCUT2D eigenvalue weighted by Crippen LogP contribution is 2.36. The van der Waals surface area contributed by atoms with Crippen LogP contribution < -0.4 is 9.84 Å². The van der Waals surface area contributed by atoms with E-state index in [0.717, 1.165) is 5.69 Å². The minimum atomic E-state index is 1.16. The van der Waals surface area contributed by atoms with Crippen LogP contribution in [0.1, 0.15) is 16.7 Å². The molecular weight excluding hydrogens is 252 g/mol. The minimum absolute atomic E-state index is 1.16. The Hall–Kier alpha value is -1.87. The number of aryl methyl sites for hydroxylation is 2. The van der Waals surface area contributed by atoms with Gasteiger partial charge in [0, 0.05) is 18.1 Å². The molecule has 0 aromatic heterocycles. The Labute approximate surface area is 118 Å². The molecule has 3 heteroatoms. The highest BCUT2D eigenvalue weighted by Gasteiger charge is 2.16. The van der Waals surface area contributed by atoms with E-state index < -0.39 is 0 Å². The van der Waals surface area contributed by atoms with Gasteiger partial charge >= 0.3 is 0 Å². The van der Waals surface area contributed by atoms with Crippen LogP contribution in [0.5, 0.6) is 0 Å². The summed E-state index contributed by atoms with van der Waals surface area (Å²) >= 11 is 1.71. The van der Waals surface area contributed by atoms with E-state index in [9.17, 15) is 0 Å². The van der Waals surface area contributed by atoms with Crippen LogP contribution in [-0.4, -0.2) is 0 Å². The molecule has 0 saturated heterocycles. The molecule has 0 unspecified atom stereocenters. The van der Waals surface area contributed by atoms with Gasteiger partial charge in [-0.1, -0.05) is 47.5 Å². The highest BCUT2D eigenvalue weighted by atomic mass is 32.2. The third kappa shape index (κ3) is 2.61. The van der Waals surface area contributed by atoms with Gasteiger partial charge in [-0.05, 0) is 31.5 Å².